The summed E-state index contributed by atoms with van der Waals surface area (Å²) < 4.78 is 0. The van der Waals surface area contributed by atoms with Gasteiger partial charge in [0.25, 0.3) is 0 Å². The van der Waals surface area contributed by atoms with Crippen molar-refractivity contribution in [3.05, 3.63) is 15.6 Å². The summed E-state index contributed by atoms with van der Waals surface area (Å²) in [5, 5.41) is 0.881. The summed E-state index contributed by atoms with van der Waals surface area (Å²) in [7, 11) is 0. The summed E-state index contributed by atoms with van der Waals surface area (Å²) in [6.45, 7) is 7.69. The van der Waals surface area contributed by atoms with Crippen molar-refractivity contribution in [3.63, 3.8) is 0 Å². The highest BCUT2D eigenvalue weighted by Gasteiger charge is 2.17. The normalized spacial score (nSPS) is 13.2. The average molecular weight is 226 g/mol. The molecule has 1 heterocycles. The second-order valence-corrected chi connectivity index (χ2v) is 5.29. The van der Waals surface area contributed by atoms with Crippen molar-refractivity contribution in [3.8, 4) is 0 Å². The molecule has 0 spiro atoms. The molecule has 0 radical (unpaired) electrons. The van der Waals surface area contributed by atoms with Crippen molar-refractivity contribution < 1.29 is 4.79 Å². The lowest BCUT2D eigenvalue weighted by Gasteiger charge is -2.10. The van der Waals surface area contributed by atoms with Crippen LogP contribution in [-0.2, 0) is 0 Å². The molecule has 0 bridgehead atoms. The Labute approximate surface area is 94.7 Å². The highest BCUT2D eigenvalue weighted by molar-refractivity contribution is 7.13. The number of nitrogens with zero attached hydrogens (tertiary/aromatic N) is 1. The minimum absolute atomic E-state index is 0.0400. The number of carbonyl (C=O) groups is 1. The van der Waals surface area contributed by atoms with E-state index in [9.17, 15) is 4.79 Å². The summed E-state index contributed by atoms with van der Waals surface area (Å²) in [5.74, 6) is 0.623. The van der Waals surface area contributed by atoms with E-state index in [-0.39, 0.29) is 11.8 Å². The number of Topliss-reactive ketones (excluding diaryl/α,β-unsaturated/α-hetero) is 1. The summed E-state index contributed by atoms with van der Waals surface area (Å²) >= 11 is 1.43. The fraction of sp³-hybridized carbons (Fsp3) is 0.636. The quantitative estimate of drug-likeness (QED) is 0.803. The number of hydrogen-bond acceptors (Lipinski definition) is 4. The molecule has 2 N–H and O–H groups in total. The number of nitrogens with two attached hydrogens (primary N) is 1. The van der Waals surface area contributed by atoms with Gasteiger partial charge < -0.3 is 5.73 Å². The first-order valence-corrected chi connectivity index (χ1v) is 5.97. The standard InChI is InChI=1S/C11H18N2OS/c1-6(2)5-9(12)11-13-7(3)10(15-11)8(4)14/h6,9H,5,12H2,1-4H3. The molecule has 0 saturated heterocycles. The molecule has 15 heavy (non-hydrogen) atoms. The van der Waals surface area contributed by atoms with Gasteiger partial charge >= 0.3 is 0 Å². The van der Waals surface area contributed by atoms with E-state index in [2.05, 4.69) is 18.8 Å². The molecule has 4 heteroatoms. The highest BCUT2D eigenvalue weighted by Crippen LogP contribution is 2.26. The molecular weight excluding hydrogens is 208 g/mol. The Kier molecular flexibility index (Phi) is 3.99. The molecule has 0 aliphatic carbocycles. The van der Waals surface area contributed by atoms with Crippen LogP contribution in [0.15, 0.2) is 0 Å². The van der Waals surface area contributed by atoms with E-state index in [0.717, 1.165) is 22.0 Å². The Morgan fingerprint density at radius 1 is 1.53 bits per heavy atom. The van der Waals surface area contributed by atoms with Gasteiger partial charge in [-0.1, -0.05) is 13.8 Å². The maximum atomic E-state index is 11.3. The molecule has 0 amide bonds. The molecule has 1 unspecified atom stereocenters. The predicted molar refractivity (Wildman–Crippen MR) is 63.2 cm³/mol. The van der Waals surface area contributed by atoms with Crippen LogP contribution in [0, 0.1) is 12.8 Å². The van der Waals surface area contributed by atoms with E-state index >= 15 is 0 Å². The lowest BCUT2D eigenvalue weighted by Crippen LogP contribution is -2.12. The van der Waals surface area contributed by atoms with Gasteiger partial charge in [-0.05, 0) is 19.3 Å². The van der Waals surface area contributed by atoms with Crippen LogP contribution in [0.4, 0.5) is 0 Å². The van der Waals surface area contributed by atoms with E-state index < -0.39 is 0 Å². The molecule has 1 aromatic heterocycles. The predicted octanol–water partition coefficient (Wildman–Crippen LogP) is 2.70. The van der Waals surface area contributed by atoms with Crippen molar-refractivity contribution in [2.45, 2.75) is 40.2 Å². The third-order valence-electron chi connectivity index (χ3n) is 2.18. The fourth-order valence-corrected chi connectivity index (χ4v) is 2.49. The van der Waals surface area contributed by atoms with Gasteiger partial charge in [-0.15, -0.1) is 11.3 Å². The molecule has 1 aromatic rings. The Morgan fingerprint density at radius 3 is 2.53 bits per heavy atom. The fourth-order valence-electron chi connectivity index (χ4n) is 1.51. The van der Waals surface area contributed by atoms with Crippen LogP contribution in [0.3, 0.4) is 0 Å². The number of aromatic nitrogens is 1. The number of rotatable bonds is 4. The lowest BCUT2D eigenvalue weighted by molar-refractivity contribution is 0.102. The Bertz CT molecular complexity index is 357. The van der Waals surface area contributed by atoms with Gasteiger partial charge in [0.05, 0.1) is 16.6 Å². The zero-order valence-electron chi connectivity index (χ0n) is 9.70. The first-order valence-electron chi connectivity index (χ1n) is 5.15. The highest BCUT2D eigenvalue weighted by atomic mass is 32.1. The van der Waals surface area contributed by atoms with E-state index in [1.807, 2.05) is 6.92 Å². The Balaban J connectivity index is 2.87. The first-order chi connectivity index (χ1) is 6.91. The SMILES string of the molecule is CC(=O)c1sc(C(N)CC(C)C)nc1C. The minimum Gasteiger partial charge on any atom is -0.322 e. The zero-order valence-corrected chi connectivity index (χ0v) is 10.5. The van der Waals surface area contributed by atoms with Crippen LogP contribution in [0.25, 0.3) is 0 Å². The summed E-state index contributed by atoms with van der Waals surface area (Å²) in [5.41, 5.74) is 6.82. The van der Waals surface area contributed by atoms with Gasteiger partial charge in [-0.2, -0.15) is 0 Å². The van der Waals surface area contributed by atoms with Crippen molar-refractivity contribution >= 4 is 17.1 Å². The third-order valence-corrected chi connectivity index (χ3v) is 3.57. The Morgan fingerprint density at radius 2 is 2.13 bits per heavy atom. The zero-order chi connectivity index (χ0) is 11.6. The van der Waals surface area contributed by atoms with Gasteiger partial charge in [0, 0.05) is 6.92 Å². The monoisotopic (exact) mass is 226 g/mol. The van der Waals surface area contributed by atoms with Crippen LogP contribution in [0.5, 0.6) is 0 Å². The number of ketones is 1. The lowest BCUT2D eigenvalue weighted by atomic mass is 10.1. The van der Waals surface area contributed by atoms with E-state index in [1.54, 1.807) is 6.92 Å². The van der Waals surface area contributed by atoms with Crippen molar-refractivity contribution in [1.29, 1.82) is 0 Å². The Hall–Kier alpha value is -0.740. The number of thiazole rings is 1. The molecule has 0 fully saturated rings. The summed E-state index contributed by atoms with van der Waals surface area (Å²) in [6, 6.07) is -0.0400. The van der Waals surface area contributed by atoms with Gasteiger partial charge in [0.2, 0.25) is 0 Å². The van der Waals surface area contributed by atoms with Gasteiger partial charge in [0.1, 0.15) is 5.01 Å². The van der Waals surface area contributed by atoms with Gasteiger partial charge in [0.15, 0.2) is 5.78 Å². The van der Waals surface area contributed by atoms with Crippen LogP contribution < -0.4 is 5.73 Å². The van der Waals surface area contributed by atoms with E-state index in [1.165, 1.54) is 11.3 Å². The second-order valence-electron chi connectivity index (χ2n) is 4.26. The molecule has 84 valence electrons. The van der Waals surface area contributed by atoms with Crippen molar-refractivity contribution in [1.82, 2.24) is 4.98 Å². The average Bonchev–Trinajstić information content (AvgIpc) is 2.46. The molecule has 0 aliphatic rings. The topological polar surface area (TPSA) is 56.0 Å². The van der Waals surface area contributed by atoms with Crippen LogP contribution in [0.1, 0.15) is 53.6 Å². The van der Waals surface area contributed by atoms with E-state index in [0.29, 0.717) is 5.92 Å². The molecule has 0 saturated carbocycles. The van der Waals surface area contributed by atoms with Crippen LogP contribution in [0.2, 0.25) is 0 Å². The largest absolute Gasteiger partial charge is 0.322 e. The van der Waals surface area contributed by atoms with E-state index in [4.69, 9.17) is 5.73 Å². The van der Waals surface area contributed by atoms with Crippen LogP contribution >= 0.6 is 11.3 Å². The summed E-state index contributed by atoms with van der Waals surface area (Å²) in [6.07, 6.45) is 0.907. The molecule has 0 aliphatic heterocycles. The van der Waals surface area contributed by atoms with Crippen LogP contribution in [-0.4, -0.2) is 10.8 Å². The minimum atomic E-state index is -0.0400. The first kappa shape index (κ1) is 12.3. The molecule has 1 rings (SSSR count). The van der Waals surface area contributed by atoms with Gasteiger partial charge in [-0.3, -0.25) is 4.79 Å². The molecule has 3 nitrogen and oxygen atoms in total. The summed E-state index contributed by atoms with van der Waals surface area (Å²) in [4.78, 5) is 16.4. The number of hydrogen-bond donors (Lipinski definition) is 1. The molecule has 0 aromatic carbocycles. The molecule has 1 atom stereocenters. The van der Waals surface area contributed by atoms with Crippen molar-refractivity contribution in [2.24, 2.45) is 11.7 Å². The number of carbonyl (C=O) groups excluding carboxylic acids is 1. The maximum Gasteiger partial charge on any atom is 0.171 e. The smallest absolute Gasteiger partial charge is 0.171 e. The second kappa shape index (κ2) is 4.86. The maximum absolute atomic E-state index is 11.3. The molecular formula is C11H18N2OS. The van der Waals surface area contributed by atoms with Gasteiger partial charge in [-0.25, -0.2) is 4.98 Å². The van der Waals surface area contributed by atoms with Crippen molar-refractivity contribution in [2.75, 3.05) is 0 Å². The third kappa shape index (κ3) is 3.11. The number of aryl methyl sites for hydroxylation is 1.